The second-order valence-electron chi connectivity index (χ2n) is 7.74. The fraction of sp³-hybridized carbons (Fsp3) is 0.450. The quantitative estimate of drug-likeness (QED) is 0.655. The molecule has 0 atom stereocenters. The Morgan fingerprint density at radius 1 is 1.24 bits per heavy atom. The minimum Gasteiger partial charge on any atom is -0.377 e. The van der Waals surface area contributed by atoms with E-state index in [-0.39, 0.29) is 11.2 Å². The van der Waals surface area contributed by atoms with Gasteiger partial charge in [0.15, 0.2) is 11.6 Å². The van der Waals surface area contributed by atoms with Crippen LogP contribution in [0.1, 0.15) is 42.4 Å². The predicted octanol–water partition coefficient (Wildman–Crippen LogP) is 4.78. The van der Waals surface area contributed by atoms with Crippen LogP contribution in [-0.4, -0.2) is 29.2 Å². The first-order chi connectivity index (χ1) is 13.9. The number of benzene rings is 1. The molecule has 1 saturated heterocycles. The second kappa shape index (κ2) is 8.26. The smallest absolute Gasteiger partial charge is 0.273 e. The molecule has 156 valence electrons. The number of nitrogens with zero attached hydrogens (tertiary/aromatic N) is 1. The van der Waals surface area contributed by atoms with Gasteiger partial charge in [0.1, 0.15) is 5.69 Å². The molecule has 2 aromatic rings. The Hall–Kier alpha value is -1.61. The number of anilines is 1. The highest BCUT2D eigenvalue weighted by atomic mass is 35.5. The van der Waals surface area contributed by atoms with E-state index < -0.39 is 17.5 Å². The number of amides is 1. The van der Waals surface area contributed by atoms with Crippen molar-refractivity contribution in [1.29, 1.82) is 0 Å². The lowest BCUT2D eigenvalue weighted by atomic mass is 10.0. The molecule has 0 saturated carbocycles. The molecule has 0 aliphatic carbocycles. The van der Waals surface area contributed by atoms with Crippen LogP contribution in [0.2, 0.25) is 5.02 Å². The van der Waals surface area contributed by atoms with Crippen molar-refractivity contribution in [3.05, 3.63) is 46.2 Å². The zero-order chi connectivity index (χ0) is 20.6. The Morgan fingerprint density at radius 3 is 2.72 bits per heavy atom. The molecular formula is C20H22ClF2N3O2S. The summed E-state index contributed by atoms with van der Waals surface area (Å²) >= 11 is 8.10. The number of rotatable bonds is 5. The first-order valence-electron chi connectivity index (χ1n) is 9.57. The van der Waals surface area contributed by atoms with E-state index in [0.717, 1.165) is 48.4 Å². The second-order valence-corrected chi connectivity index (χ2v) is 8.94. The molecule has 0 radical (unpaired) electrons. The normalized spacial score (nSPS) is 17.9. The average molecular weight is 442 g/mol. The van der Waals surface area contributed by atoms with E-state index in [1.54, 1.807) is 0 Å². The molecular weight excluding hydrogens is 420 g/mol. The van der Waals surface area contributed by atoms with Crippen LogP contribution in [0.4, 0.5) is 14.5 Å². The maximum absolute atomic E-state index is 13.5. The lowest BCUT2D eigenvalue weighted by Gasteiger charge is -2.38. The molecule has 1 fully saturated rings. The van der Waals surface area contributed by atoms with E-state index in [1.165, 1.54) is 18.0 Å². The number of carbonyl (C=O) groups is 1. The van der Waals surface area contributed by atoms with Gasteiger partial charge >= 0.3 is 0 Å². The van der Waals surface area contributed by atoms with Crippen molar-refractivity contribution in [3.63, 3.8) is 0 Å². The molecule has 2 aliphatic rings. The molecule has 1 aromatic carbocycles. The number of hydrogen-bond donors (Lipinski definition) is 2. The molecule has 9 heteroatoms. The fourth-order valence-corrected chi connectivity index (χ4v) is 4.97. The predicted molar refractivity (Wildman–Crippen MR) is 110 cm³/mol. The number of carbonyl (C=O) groups excluding carboxylic acids is 1. The van der Waals surface area contributed by atoms with E-state index in [2.05, 4.69) is 17.0 Å². The number of fused-ring (bicyclic) bond motifs is 1. The van der Waals surface area contributed by atoms with Gasteiger partial charge in [0.25, 0.3) is 5.91 Å². The molecule has 0 bridgehead atoms. The molecule has 1 aromatic heterocycles. The average Bonchev–Trinajstić information content (AvgIpc) is 2.80. The lowest BCUT2D eigenvalue weighted by Crippen LogP contribution is -2.55. The van der Waals surface area contributed by atoms with E-state index in [9.17, 15) is 13.6 Å². The Morgan fingerprint density at radius 2 is 2.03 bits per heavy atom. The topological polar surface area (TPSA) is 55.3 Å². The number of hydrogen-bond acceptors (Lipinski definition) is 4. The van der Waals surface area contributed by atoms with Crippen molar-refractivity contribution in [2.45, 2.75) is 49.6 Å². The zero-order valence-electron chi connectivity index (χ0n) is 16.0. The number of nitrogens with one attached hydrogen (secondary N) is 2. The van der Waals surface area contributed by atoms with Gasteiger partial charge in [0.05, 0.1) is 28.7 Å². The summed E-state index contributed by atoms with van der Waals surface area (Å²) in [5.41, 5.74) is 1.44. The van der Waals surface area contributed by atoms with E-state index >= 15 is 0 Å². The van der Waals surface area contributed by atoms with Gasteiger partial charge in [-0.1, -0.05) is 18.0 Å². The Balaban J connectivity index is 1.64. The SMILES string of the molecule is CC1(NSc2c(Cl)c(C(=O)Nc3ccc(F)c(F)c3)n3c2CCCCC3)COC1. The maximum Gasteiger partial charge on any atom is 0.273 e. The Labute approximate surface area is 177 Å². The molecule has 2 N–H and O–H groups in total. The van der Waals surface area contributed by atoms with Gasteiger partial charge in [-0.15, -0.1) is 0 Å². The third-order valence-electron chi connectivity index (χ3n) is 5.19. The highest BCUT2D eigenvalue weighted by Crippen LogP contribution is 2.39. The van der Waals surface area contributed by atoms with Crippen LogP contribution >= 0.6 is 23.5 Å². The summed E-state index contributed by atoms with van der Waals surface area (Å²) in [6, 6.07) is 3.27. The van der Waals surface area contributed by atoms with Gasteiger partial charge in [-0.2, -0.15) is 0 Å². The number of halogens is 3. The van der Waals surface area contributed by atoms with E-state index in [1.807, 2.05) is 4.57 Å². The largest absolute Gasteiger partial charge is 0.377 e. The summed E-state index contributed by atoms with van der Waals surface area (Å²) in [4.78, 5) is 13.9. The summed E-state index contributed by atoms with van der Waals surface area (Å²) in [6.45, 7) is 4.01. The van der Waals surface area contributed by atoms with Crippen molar-refractivity contribution >= 4 is 35.1 Å². The van der Waals surface area contributed by atoms with Gasteiger partial charge < -0.3 is 14.6 Å². The van der Waals surface area contributed by atoms with Gasteiger partial charge in [0, 0.05) is 24.0 Å². The van der Waals surface area contributed by atoms with Crippen molar-refractivity contribution in [3.8, 4) is 0 Å². The van der Waals surface area contributed by atoms with Crippen molar-refractivity contribution in [2.75, 3.05) is 18.5 Å². The summed E-state index contributed by atoms with van der Waals surface area (Å²) in [6.07, 6.45) is 3.88. The highest BCUT2D eigenvalue weighted by molar-refractivity contribution is 7.97. The maximum atomic E-state index is 13.5. The molecule has 5 nitrogen and oxygen atoms in total. The Kier molecular flexibility index (Phi) is 5.88. The summed E-state index contributed by atoms with van der Waals surface area (Å²) in [7, 11) is 0. The molecule has 1 amide bonds. The summed E-state index contributed by atoms with van der Waals surface area (Å²) in [5.74, 6) is -2.41. The standard InChI is InChI=1S/C20H22ClF2N3O2S/c1-20(10-28-11-20)25-29-18-15-5-3-2-4-8-26(15)17(16(18)21)19(27)24-12-6-7-13(22)14(23)9-12/h6-7,9,25H,2-5,8,10-11H2,1H3,(H,24,27). The van der Waals surface area contributed by atoms with Crippen LogP contribution in [0, 0.1) is 11.6 Å². The molecule has 4 rings (SSSR count). The first-order valence-corrected chi connectivity index (χ1v) is 10.8. The third-order valence-corrected chi connectivity index (χ3v) is 6.91. The van der Waals surface area contributed by atoms with Gasteiger partial charge in [-0.05, 0) is 50.3 Å². The minimum absolute atomic E-state index is 0.123. The summed E-state index contributed by atoms with van der Waals surface area (Å²) < 4.78 is 37.4. The molecule has 29 heavy (non-hydrogen) atoms. The number of ether oxygens (including phenoxy) is 1. The van der Waals surface area contributed by atoms with E-state index in [4.69, 9.17) is 16.3 Å². The minimum atomic E-state index is -1.01. The molecule has 2 aliphatic heterocycles. The van der Waals surface area contributed by atoms with Crippen molar-refractivity contribution in [1.82, 2.24) is 9.29 Å². The van der Waals surface area contributed by atoms with Crippen LogP contribution < -0.4 is 10.0 Å². The van der Waals surface area contributed by atoms with Crippen LogP contribution in [-0.2, 0) is 17.7 Å². The van der Waals surface area contributed by atoms with Crippen LogP contribution in [0.3, 0.4) is 0 Å². The fourth-order valence-electron chi connectivity index (χ4n) is 3.58. The van der Waals surface area contributed by atoms with Gasteiger partial charge in [0.2, 0.25) is 0 Å². The highest BCUT2D eigenvalue weighted by Gasteiger charge is 2.35. The molecule has 3 heterocycles. The first kappa shape index (κ1) is 20.7. The van der Waals surface area contributed by atoms with Gasteiger partial charge in [-0.3, -0.25) is 4.79 Å². The zero-order valence-corrected chi connectivity index (χ0v) is 17.6. The number of aromatic nitrogens is 1. The van der Waals surface area contributed by atoms with Crippen LogP contribution in [0.25, 0.3) is 0 Å². The molecule has 0 unspecified atom stereocenters. The summed E-state index contributed by atoms with van der Waals surface area (Å²) in [5, 5.41) is 3.02. The van der Waals surface area contributed by atoms with E-state index in [0.29, 0.717) is 30.5 Å². The Bertz CT molecular complexity index is 946. The van der Waals surface area contributed by atoms with Crippen molar-refractivity contribution < 1.29 is 18.3 Å². The lowest BCUT2D eigenvalue weighted by molar-refractivity contribution is -0.0510. The van der Waals surface area contributed by atoms with Gasteiger partial charge in [-0.25, -0.2) is 13.5 Å². The van der Waals surface area contributed by atoms with Crippen molar-refractivity contribution in [2.24, 2.45) is 0 Å². The monoisotopic (exact) mass is 441 g/mol. The van der Waals surface area contributed by atoms with Crippen LogP contribution in [0.5, 0.6) is 0 Å². The van der Waals surface area contributed by atoms with Crippen LogP contribution in [0.15, 0.2) is 23.1 Å². The molecule has 0 spiro atoms. The third kappa shape index (κ3) is 4.17.